The number of rotatable bonds is 5. The molecule has 8 heteroatoms. The van der Waals surface area contributed by atoms with E-state index in [1.165, 1.54) is 28.4 Å². The van der Waals surface area contributed by atoms with Gasteiger partial charge in [0.05, 0.1) is 27.2 Å². The molecule has 0 aliphatic carbocycles. The van der Waals surface area contributed by atoms with Crippen LogP contribution in [0.25, 0.3) is 0 Å². The predicted octanol–water partition coefficient (Wildman–Crippen LogP) is 3.64. The highest BCUT2D eigenvalue weighted by Gasteiger charge is 2.44. The number of aryl methyl sites for hydroxylation is 2. The molecule has 2 N–H and O–H groups in total. The first kappa shape index (κ1) is 19.8. The van der Waals surface area contributed by atoms with Gasteiger partial charge < -0.3 is 15.1 Å². The van der Waals surface area contributed by atoms with E-state index in [1.807, 2.05) is 0 Å². The number of nitrogens with zero attached hydrogens (tertiary/aromatic N) is 3. The molecule has 2 aromatic heterocycles. The number of carbonyl (C=O) groups is 2. The maximum Gasteiger partial charge on any atom is 0.290 e. The second kappa shape index (κ2) is 7.72. The summed E-state index contributed by atoms with van der Waals surface area (Å²) in [7, 11) is 0. The maximum absolute atomic E-state index is 13.4. The Morgan fingerprint density at radius 1 is 1.17 bits per heavy atom. The number of aliphatic hydroxyl groups excluding tert-OH is 1. The number of amides is 1. The van der Waals surface area contributed by atoms with Crippen molar-refractivity contribution in [3.05, 3.63) is 86.8 Å². The van der Waals surface area contributed by atoms with Crippen LogP contribution in [0.3, 0.4) is 0 Å². The third-order valence-electron chi connectivity index (χ3n) is 4.95. The summed E-state index contributed by atoms with van der Waals surface area (Å²) in [4.78, 5) is 36.5. The largest absolute Gasteiger partial charge is 0.508 e. The van der Waals surface area contributed by atoms with Gasteiger partial charge in [-0.2, -0.15) is 0 Å². The highest BCUT2D eigenvalue weighted by atomic mass is 32.1. The Bertz CT molecular complexity index is 1170. The van der Waals surface area contributed by atoms with Gasteiger partial charge >= 0.3 is 0 Å². The molecule has 1 amide bonds. The van der Waals surface area contributed by atoms with Crippen molar-refractivity contribution in [3.63, 3.8) is 0 Å². The van der Waals surface area contributed by atoms with E-state index in [-0.39, 0.29) is 17.9 Å². The lowest BCUT2D eigenvalue weighted by Gasteiger charge is -2.27. The molecule has 1 aromatic carbocycles. The first-order valence-electron chi connectivity index (χ1n) is 9.27. The van der Waals surface area contributed by atoms with Gasteiger partial charge in [-0.05, 0) is 49.2 Å². The van der Waals surface area contributed by atoms with Gasteiger partial charge in [-0.25, -0.2) is 4.98 Å². The zero-order valence-electron chi connectivity index (χ0n) is 16.4. The number of hydrogen-bond acceptors (Lipinski definition) is 7. The summed E-state index contributed by atoms with van der Waals surface area (Å²) < 4.78 is 0. The number of ketones is 1. The van der Waals surface area contributed by atoms with E-state index in [0.29, 0.717) is 16.1 Å². The highest BCUT2D eigenvalue weighted by Crippen LogP contribution is 2.41. The number of phenolic OH excluding ortho intramolecular Hbond substituents is 1. The Hall–Kier alpha value is -3.52. The SMILES string of the molecule is Cc1nc(C)c(C(=O)C2=C(O)C(=O)N(Cc3ccncc3)C2c2cccc(O)c2)s1. The van der Waals surface area contributed by atoms with Gasteiger partial charge in [0.1, 0.15) is 5.75 Å². The van der Waals surface area contributed by atoms with Gasteiger partial charge in [-0.1, -0.05) is 12.1 Å². The Morgan fingerprint density at radius 2 is 1.90 bits per heavy atom. The average molecular weight is 421 g/mol. The van der Waals surface area contributed by atoms with Gasteiger partial charge in [0.25, 0.3) is 5.91 Å². The Balaban J connectivity index is 1.83. The standard InChI is InChI=1S/C22H19N3O4S/c1-12-21(30-13(2)24-12)19(27)17-18(15-4-3-5-16(26)10-15)25(22(29)20(17)28)11-14-6-8-23-9-7-14/h3-10,18,26,28H,11H2,1-2H3. The highest BCUT2D eigenvalue weighted by molar-refractivity contribution is 7.14. The molecular formula is C22H19N3O4S. The summed E-state index contributed by atoms with van der Waals surface area (Å²) in [6.45, 7) is 3.69. The molecule has 0 saturated carbocycles. The van der Waals surface area contributed by atoms with Crippen molar-refractivity contribution in [2.24, 2.45) is 0 Å². The summed E-state index contributed by atoms with van der Waals surface area (Å²) in [6, 6.07) is 9.05. The number of phenols is 1. The summed E-state index contributed by atoms with van der Waals surface area (Å²) in [6.07, 6.45) is 3.23. The predicted molar refractivity (Wildman–Crippen MR) is 111 cm³/mol. The van der Waals surface area contributed by atoms with Crippen LogP contribution in [-0.4, -0.2) is 36.8 Å². The van der Waals surface area contributed by atoms with E-state index in [0.717, 1.165) is 10.6 Å². The van der Waals surface area contributed by atoms with Crippen molar-refractivity contribution < 1.29 is 19.8 Å². The molecule has 1 unspecified atom stereocenters. The number of Topliss-reactive ketones (excluding diaryl/α,β-unsaturated/α-hetero) is 1. The molecule has 4 rings (SSSR count). The Morgan fingerprint density at radius 3 is 2.53 bits per heavy atom. The normalized spacial score (nSPS) is 16.4. The maximum atomic E-state index is 13.4. The van der Waals surface area contributed by atoms with Crippen LogP contribution in [-0.2, 0) is 11.3 Å². The minimum atomic E-state index is -0.841. The summed E-state index contributed by atoms with van der Waals surface area (Å²) >= 11 is 1.22. The summed E-state index contributed by atoms with van der Waals surface area (Å²) in [5, 5.41) is 21.4. The van der Waals surface area contributed by atoms with E-state index in [9.17, 15) is 19.8 Å². The fourth-order valence-electron chi connectivity index (χ4n) is 3.64. The molecule has 3 aromatic rings. The molecular weight excluding hydrogens is 402 g/mol. The van der Waals surface area contributed by atoms with Crippen LogP contribution in [0, 0.1) is 13.8 Å². The first-order valence-corrected chi connectivity index (χ1v) is 10.1. The molecule has 0 bridgehead atoms. The molecule has 7 nitrogen and oxygen atoms in total. The van der Waals surface area contributed by atoms with Gasteiger partial charge in [-0.3, -0.25) is 14.6 Å². The van der Waals surface area contributed by atoms with Crippen molar-refractivity contribution in [2.75, 3.05) is 0 Å². The fraction of sp³-hybridized carbons (Fsp3) is 0.182. The van der Waals surface area contributed by atoms with E-state index < -0.39 is 23.5 Å². The molecule has 0 spiro atoms. The third kappa shape index (κ3) is 3.46. The molecule has 1 atom stereocenters. The van der Waals surface area contributed by atoms with Crippen molar-refractivity contribution in [1.29, 1.82) is 0 Å². The fourth-order valence-corrected chi connectivity index (χ4v) is 4.51. The van der Waals surface area contributed by atoms with E-state index in [2.05, 4.69) is 9.97 Å². The van der Waals surface area contributed by atoms with Crippen LogP contribution in [0.15, 0.2) is 60.1 Å². The number of aromatic hydroxyl groups is 1. The zero-order chi connectivity index (χ0) is 21.4. The van der Waals surface area contributed by atoms with Crippen LogP contribution < -0.4 is 0 Å². The van der Waals surface area contributed by atoms with Crippen molar-refractivity contribution >= 4 is 23.0 Å². The lowest BCUT2D eigenvalue weighted by Crippen LogP contribution is -2.30. The minimum Gasteiger partial charge on any atom is -0.508 e. The lowest BCUT2D eigenvalue weighted by atomic mass is 9.94. The Labute approximate surface area is 177 Å². The molecule has 0 radical (unpaired) electrons. The number of hydrogen-bond donors (Lipinski definition) is 2. The lowest BCUT2D eigenvalue weighted by molar-refractivity contribution is -0.130. The second-order valence-corrected chi connectivity index (χ2v) is 8.23. The van der Waals surface area contributed by atoms with Gasteiger partial charge in [0.2, 0.25) is 5.78 Å². The van der Waals surface area contributed by atoms with E-state index in [4.69, 9.17) is 0 Å². The molecule has 0 fully saturated rings. The monoisotopic (exact) mass is 421 g/mol. The number of thiazole rings is 1. The smallest absolute Gasteiger partial charge is 0.290 e. The molecule has 152 valence electrons. The Kier molecular flexibility index (Phi) is 5.09. The summed E-state index contributed by atoms with van der Waals surface area (Å²) in [5.74, 6) is -1.64. The number of pyridine rings is 1. The van der Waals surface area contributed by atoms with Crippen LogP contribution >= 0.6 is 11.3 Å². The molecule has 0 saturated heterocycles. The number of benzene rings is 1. The average Bonchev–Trinajstić information content (AvgIpc) is 3.19. The van der Waals surface area contributed by atoms with Crippen molar-refractivity contribution in [3.8, 4) is 5.75 Å². The second-order valence-electron chi connectivity index (χ2n) is 7.02. The minimum absolute atomic E-state index is 0.00631. The van der Waals surface area contributed by atoms with Crippen LogP contribution in [0.1, 0.15) is 37.5 Å². The molecule has 1 aliphatic rings. The quantitative estimate of drug-likeness (QED) is 0.610. The molecule has 1 aliphatic heterocycles. The number of carbonyl (C=O) groups excluding carboxylic acids is 2. The van der Waals surface area contributed by atoms with Crippen LogP contribution in [0.4, 0.5) is 0 Å². The van der Waals surface area contributed by atoms with E-state index >= 15 is 0 Å². The zero-order valence-corrected chi connectivity index (χ0v) is 17.2. The van der Waals surface area contributed by atoms with Crippen molar-refractivity contribution in [2.45, 2.75) is 26.4 Å². The number of aromatic nitrogens is 2. The van der Waals surface area contributed by atoms with E-state index in [1.54, 1.807) is 50.5 Å². The van der Waals surface area contributed by atoms with Crippen molar-refractivity contribution in [1.82, 2.24) is 14.9 Å². The summed E-state index contributed by atoms with van der Waals surface area (Å²) in [5.41, 5.74) is 1.88. The topological polar surface area (TPSA) is 104 Å². The van der Waals surface area contributed by atoms with Gasteiger partial charge in [0.15, 0.2) is 5.76 Å². The third-order valence-corrected chi connectivity index (χ3v) is 6.02. The molecule has 30 heavy (non-hydrogen) atoms. The van der Waals surface area contributed by atoms with Crippen LogP contribution in [0.2, 0.25) is 0 Å². The van der Waals surface area contributed by atoms with Gasteiger partial charge in [0, 0.05) is 18.9 Å². The number of aliphatic hydroxyl groups is 1. The van der Waals surface area contributed by atoms with Gasteiger partial charge in [-0.15, -0.1) is 11.3 Å². The first-order chi connectivity index (χ1) is 14.4. The molecule has 3 heterocycles. The van der Waals surface area contributed by atoms with Crippen LogP contribution in [0.5, 0.6) is 5.75 Å².